The van der Waals surface area contributed by atoms with Crippen molar-refractivity contribution in [1.29, 1.82) is 0 Å². The van der Waals surface area contributed by atoms with Gasteiger partial charge in [0.2, 0.25) is 0 Å². The van der Waals surface area contributed by atoms with Gasteiger partial charge in [0.25, 0.3) is 0 Å². The van der Waals surface area contributed by atoms with Crippen LogP contribution >= 0.6 is 15.9 Å². The zero-order valence-corrected chi connectivity index (χ0v) is 11.8. The molecule has 0 spiro atoms. The summed E-state index contributed by atoms with van der Waals surface area (Å²) in [6.45, 7) is 4.22. The SMILES string of the molecule is Cc1cc(C)cc(N(C)c2ncccc2Br)c1. The molecule has 1 aromatic heterocycles. The lowest BCUT2D eigenvalue weighted by Crippen LogP contribution is -2.12. The summed E-state index contributed by atoms with van der Waals surface area (Å²) in [6.07, 6.45) is 1.80. The highest BCUT2D eigenvalue weighted by Gasteiger charge is 2.09. The Morgan fingerprint density at radius 1 is 1.12 bits per heavy atom. The van der Waals surface area contributed by atoms with Crippen molar-refractivity contribution in [3.8, 4) is 0 Å². The first-order valence-corrected chi connectivity index (χ1v) is 6.30. The Labute approximate surface area is 110 Å². The summed E-state index contributed by atoms with van der Waals surface area (Å²) < 4.78 is 1.00. The first-order chi connectivity index (χ1) is 8.08. The van der Waals surface area contributed by atoms with E-state index in [1.807, 2.05) is 19.2 Å². The highest BCUT2D eigenvalue weighted by Crippen LogP contribution is 2.29. The Bertz CT molecular complexity index is 517. The molecule has 0 saturated heterocycles. The largest absolute Gasteiger partial charge is 0.329 e. The monoisotopic (exact) mass is 290 g/mol. The molecule has 0 aliphatic carbocycles. The maximum Gasteiger partial charge on any atom is 0.147 e. The Balaban J connectivity index is 2.43. The highest BCUT2D eigenvalue weighted by molar-refractivity contribution is 9.10. The summed E-state index contributed by atoms with van der Waals surface area (Å²) in [6, 6.07) is 10.4. The van der Waals surface area contributed by atoms with Crippen LogP contribution in [0.5, 0.6) is 0 Å². The van der Waals surface area contributed by atoms with Crippen LogP contribution in [0.4, 0.5) is 11.5 Å². The fourth-order valence-electron chi connectivity index (χ4n) is 1.89. The Morgan fingerprint density at radius 2 is 1.76 bits per heavy atom. The van der Waals surface area contributed by atoms with Gasteiger partial charge in [-0.3, -0.25) is 0 Å². The van der Waals surface area contributed by atoms with Gasteiger partial charge in [-0.05, 0) is 65.2 Å². The van der Waals surface area contributed by atoms with E-state index >= 15 is 0 Å². The van der Waals surface area contributed by atoms with E-state index in [-0.39, 0.29) is 0 Å². The second kappa shape index (κ2) is 4.88. The number of rotatable bonds is 2. The fraction of sp³-hybridized carbons (Fsp3) is 0.214. The molecule has 0 aliphatic rings. The van der Waals surface area contributed by atoms with Gasteiger partial charge in [0.15, 0.2) is 0 Å². The summed E-state index contributed by atoms with van der Waals surface area (Å²) in [5.41, 5.74) is 3.68. The van der Waals surface area contributed by atoms with Crippen molar-refractivity contribution in [3.63, 3.8) is 0 Å². The Morgan fingerprint density at radius 3 is 2.35 bits per heavy atom. The van der Waals surface area contributed by atoms with E-state index in [0.717, 1.165) is 16.0 Å². The number of aromatic nitrogens is 1. The van der Waals surface area contributed by atoms with Crippen LogP contribution in [-0.4, -0.2) is 12.0 Å². The lowest BCUT2D eigenvalue weighted by Gasteiger charge is -2.20. The topological polar surface area (TPSA) is 16.1 Å². The van der Waals surface area contributed by atoms with Gasteiger partial charge in [-0.2, -0.15) is 0 Å². The predicted octanol–water partition coefficient (Wildman–Crippen LogP) is 4.23. The van der Waals surface area contributed by atoms with Crippen LogP contribution in [0.1, 0.15) is 11.1 Å². The number of nitrogens with zero attached hydrogens (tertiary/aromatic N) is 2. The number of anilines is 2. The van der Waals surface area contributed by atoms with Crippen molar-refractivity contribution in [1.82, 2.24) is 4.98 Å². The van der Waals surface area contributed by atoms with Crippen molar-refractivity contribution in [3.05, 3.63) is 52.1 Å². The molecular formula is C14H15BrN2. The summed E-state index contributed by atoms with van der Waals surface area (Å²) >= 11 is 3.53. The molecule has 0 fully saturated rings. The minimum absolute atomic E-state index is 0.928. The minimum Gasteiger partial charge on any atom is -0.329 e. The van der Waals surface area contributed by atoms with Crippen molar-refractivity contribution in [2.45, 2.75) is 13.8 Å². The molecule has 0 bridgehead atoms. The summed E-state index contributed by atoms with van der Waals surface area (Å²) in [5.74, 6) is 0.928. The van der Waals surface area contributed by atoms with E-state index in [0.29, 0.717) is 0 Å². The molecule has 88 valence electrons. The van der Waals surface area contributed by atoms with Crippen LogP contribution in [0.2, 0.25) is 0 Å². The van der Waals surface area contributed by atoms with Crippen LogP contribution in [0.3, 0.4) is 0 Å². The summed E-state index contributed by atoms with van der Waals surface area (Å²) in [7, 11) is 2.03. The van der Waals surface area contributed by atoms with Gasteiger partial charge < -0.3 is 4.90 Å². The molecule has 0 aliphatic heterocycles. The Kier molecular flexibility index (Phi) is 3.48. The molecular weight excluding hydrogens is 276 g/mol. The van der Waals surface area contributed by atoms with E-state index in [2.05, 4.69) is 57.9 Å². The molecule has 0 N–H and O–H groups in total. The molecule has 2 nitrogen and oxygen atoms in total. The van der Waals surface area contributed by atoms with E-state index in [1.54, 1.807) is 6.20 Å². The lowest BCUT2D eigenvalue weighted by molar-refractivity contribution is 1.11. The van der Waals surface area contributed by atoms with E-state index in [9.17, 15) is 0 Å². The molecule has 0 atom stereocenters. The quantitative estimate of drug-likeness (QED) is 0.823. The van der Waals surface area contributed by atoms with Crippen LogP contribution in [0.25, 0.3) is 0 Å². The third kappa shape index (κ3) is 2.67. The summed E-state index contributed by atoms with van der Waals surface area (Å²) in [4.78, 5) is 6.48. The molecule has 1 heterocycles. The number of hydrogen-bond acceptors (Lipinski definition) is 2. The standard InChI is InChI=1S/C14H15BrN2/c1-10-7-11(2)9-12(8-10)17(3)14-13(15)5-4-6-16-14/h4-9H,1-3H3. The van der Waals surface area contributed by atoms with Crippen molar-refractivity contribution in [2.75, 3.05) is 11.9 Å². The predicted molar refractivity (Wildman–Crippen MR) is 75.9 cm³/mol. The third-order valence-electron chi connectivity index (χ3n) is 2.65. The van der Waals surface area contributed by atoms with Gasteiger partial charge in [0.05, 0.1) is 4.47 Å². The Hall–Kier alpha value is -1.35. The number of hydrogen-bond donors (Lipinski definition) is 0. The maximum atomic E-state index is 4.39. The van der Waals surface area contributed by atoms with E-state index in [1.165, 1.54) is 11.1 Å². The fourth-order valence-corrected chi connectivity index (χ4v) is 2.41. The van der Waals surface area contributed by atoms with Gasteiger partial charge in [0.1, 0.15) is 5.82 Å². The molecule has 17 heavy (non-hydrogen) atoms. The first kappa shape index (κ1) is 12.1. The summed E-state index contributed by atoms with van der Waals surface area (Å²) in [5, 5.41) is 0. The first-order valence-electron chi connectivity index (χ1n) is 5.50. The zero-order valence-electron chi connectivity index (χ0n) is 10.2. The zero-order chi connectivity index (χ0) is 12.4. The van der Waals surface area contributed by atoms with Crippen LogP contribution in [-0.2, 0) is 0 Å². The lowest BCUT2D eigenvalue weighted by atomic mass is 10.1. The maximum absolute atomic E-state index is 4.39. The number of pyridine rings is 1. The molecule has 2 aromatic rings. The molecule has 0 unspecified atom stereocenters. The van der Waals surface area contributed by atoms with Crippen LogP contribution < -0.4 is 4.90 Å². The van der Waals surface area contributed by atoms with Gasteiger partial charge >= 0.3 is 0 Å². The smallest absolute Gasteiger partial charge is 0.147 e. The highest BCUT2D eigenvalue weighted by atomic mass is 79.9. The molecule has 1 aromatic carbocycles. The van der Waals surface area contributed by atoms with Crippen LogP contribution in [0.15, 0.2) is 41.0 Å². The minimum atomic E-state index is 0.928. The number of halogens is 1. The molecule has 2 rings (SSSR count). The van der Waals surface area contributed by atoms with Crippen molar-refractivity contribution >= 4 is 27.4 Å². The van der Waals surface area contributed by atoms with Gasteiger partial charge in [-0.1, -0.05) is 6.07 Å². The van der Waals surface area contributed by atoms with Crippen molar-refractivity contribution in [2.24, 2.45) is 0 Å². The second-order valence-electron chi connectivity index (χ2n) is 4.21. The normalized spacial score (nSPS) is 10.4. The average molecular weight is 291 g/mol. The number of aryl methyl sites for hydroxylation is 2. The molecule has 0 saturated carbocycles. The van der Waals surface area contributed by atoms with Gasteiger partial charge in [-0.25, -0.2) is 4.98 Å². The molecule has 0 radical (unpaired) electrons. The van der Waals surface area contributed by atoms with E-state index < -0.39 is 0 Å². The third-order valence-corrected chi connectivity index (χ3v) is 3.27. The van der Waals surface area contributed by atoms with Crippen LogP contribution in [0, 0.1) is 13.8 Å². The van der Waals surface area contributed by atoms with Crippen molar-refractivity contribution < 1.29 is 0 Å². The molecule has 3 heteroatoms. The second-order valence-corrected chi connectivity index (χ2v) is 5.07. The molecule has 0 amide bonds. The average Bonchev–Trinajstić information content (AvgIpc) is 2.27. The number of benzene rings is 1. The van der Waals surface area contributed by atoms with E-state index in [4.69, 9.17) is 0 Å². The van der Waals surface area contributed by atoms with Gasteiger partial charge in [-0.15, -0.1) is 0 Å². The van der Waals surface area contributed by atoms with Gasteiger partial charge in [0, 0.05) is 18.9 Å².